The quantitative estimate of drug-likeness (QED) is 0.613. The van der Waals surface area contributed by atoms with Crippen molar-refractivity contribution in [3.8, 4) is 28.7 Å². The molecule has 1 aromatic carbocycles. The van der Waals surface area contributed by atoms with Crippen LogP contribution in [-0.2, 0) is 0 Å². The zero-order valence-electron chi connectivity index (χ0n) is 18.0. The Morgan fingerprint density at radius 3 is 2.53 bits per heavy atom. The number of aromatic nitrogens is 4. The summed E-state index contributed by atoms with van der Waals surface area (Å²) in [5.41, 5.74) is 1.87. The van der Waals surface area contributed by atoms with E-state index in [1.807, 2.05) is 6.07 Å². The molecule has 0 bridgehead atoms. The summed E-state index contributed by atoms with van der Waals surface area (Å²) >= 11 is 0. The Morgan fingerprint density at radius 1 is 1.13 bits per heavy atom. The van der Waals surface area contributed by atoms with E-state index in [0.29, 0.717) is 28.7 Å². The number of carbonyl (C=O) groups is 1. The van der Waals surface area contributed by atoms with Gasteiger partial charge in [-0.15, -0.1) is 0 Å². The van der Waals surface area contributed by atoms with Crippen molar-refractivity contribution in [2.75, 3.05) is 7.11 Å². The number of fused-ring (bicyclic) bond motifs is 1. The number of hydrogen-bond acceptors (Lipinski definition) is 6. The second-order valence-electron chi connectivity index (χ2n) is 9.21. The molecule has 0 saturated carbocycles. The number of benzene rings is 1. The number of aromatic amines is 1. The molecular weight excluding hydrogens is 380 g/mol. The van der Waals surface area contributed by atoms with Crippen LogP contribution in [-0.4, -0.2) is 50.1 Å². The van der Waals surface area contributed by atoms with Crippen molar-refractivity contribution in [2.45, 2.75) is 57.7 Å². The first-order valence-corrected chi connectivity index (χ1v) is 10.1. The molecule has 0 aromatic heterocycles. The van der Waals surface area contributed by atoms with Crippen molar-refractivity contribution in [2.24, 2.45) is 0 Å². The average molecular weight is 409 g/mol. The monoisotopic (exact) mass is 408 g/mol. The maximum absolute atomic E-state index is 13.0. The number of ether oxygens (including phenoxy) is 1. The molecule has 3 N–H and O–H groups in total. The van der Waals surface area contributed by atoms with Gasteiger partial charge in [-0.1, -0.05) is 0 Å². The van der Waals surface area contributed by atoms with Crippen molar-refractivity contribution in [1.29, 1.82) is 0 Å². The smallest absolute Gasteiger partial charge is 0.251 e. The van der Waals surface area contributed by atoms with Crippen LogP contribution in [0.2, 0.25) is 0 Å². The van der Waals surface area contributed by atoms with Crippen LogP contribution in [0.4, 0.5) is 0 Å². The minimum atomic E-state index is -0.108. The van der Waals surface area contributed by atoms with Gasteiger partial charge in [0.15, 0.2) is 11.6 Å². The lowest BCUT2D eigenvalue weighted by molar-refractivity contribution is 0.0873. The van der Waals surface area contributed by atoms with Gasteiger partial charge in [-0.2, -0.15) is 0 Å². The molecule has 3 aliphatic rings. The predicted octanol–water partition coefficient (Wildman–Crippen LogP) is 3.02. The van der Waals surface area contributed by atoms with Gasteiger partial charge in [-0.3, -0.25) is 4.79 Å². The molecule has 1 saturated heterocycles. The van der Waals surface area contributed by atoms with Crippen LogP contribution >= 0.6 is 0 Å². The van der Waals surface area contributed by atoms with Gasteiger partial charge in [0.2, 0.25) is 0 Å². The zero-order valence-corrected chi connectivity index (χ0v) is 18.0. The average Bonchev–Trinajstić information content (AvgIpc) is 3.08. The lowest BCUT2D eigenvalue weighted by Gasteiger charge is -2.46. The molecule has 0 spiro atoms. The first-order chi connectivity index (χ1) is 14.2. The van der Waals surface area contributed by atoms with Crippen molar-refractivity contribution in [3.05, 3.63) is 36.3 Å². The van der Waals surface area contributed by atoms with Crippen LogP contribution in [0, 0.1) is 0 Å². The number of hydrogen-bond donors (Lipinski definition) is 3. The molecule has 1 fully saturated rings. The van der Waals surface area contributed by atoms with Crippen molar-refractivity contribution in [3.63, 3.8) is 0 Å². The molecular formula is C22H28N6O2. The van der Waals surface area contributed by atoms with Gasteiger partial charge in [0, 0.05) is 28.9 Å². The number of nitrogens with zero attached hydrogens (tertiary/aromatic N) is 3. The fourth-order valence-electron chi connectivity index (χ4n) is 4.58. The van der Waals surface area contributed by atoms with Gasteiger partial charge < -0.3 is 20.4 Å². The molecule has 0 aliphatic carbocycles. The molecule has 4 rings (SSSR count). The summed E-state index contributed by atoms with van der Waals surface area (Å²) < 4.78 is 5.54. The van der Waals surface area contributed by atoms with E-state index in [1.165, 1.54) is 0 Å². The second kappa shape index (κ2) is 7.36. The Balaban J connectivity index is 1.57. The number of nitrogens with one attached hydrogen (secondary N) is 3. The Bertz CT molecular complexity index is 996. The Hall–Kier alpha value is -3.00. The van der Waals surface area contributed by atoms with E-state index in [9.17, 15) is 4.79 Å². The van der Waals surface area contributed by atoms with Crippen LogP contribution < -0.4 is 15.4 Å². The number of amides is 1. The second-order valence-corrected chi connectivity index (χ2v) is 9.21. The summed E-state index contributed by atoms with van der Waals surface area (Å²) in [6.07, 6.45) is 5.05. The van der Waals surface area contributed by atoms with Crippen molar-refractivity contribution < 1.29 is 9.53 Å². The van der Waals surface area contributed by atoms with Gasteiger partial charge in [0.05, 0.1) is 19.0 Å². The summed E-state index contributed by atoms with van der Waals surface area (Å²) in [7, 11) is 1.58. The van der Waals surface area contributed by atoms with Crippen LogP contribution in [0.3, 0.4) is 0 Å². The highest BCUT2D eigenvalue weighted by molar-refractivity contribution is 5.95. The molecule has 0 radical (unpaired) electrons. The van der Waals surface area contributed by atoms with E-state index in [0.717, 1.165) is 18.4 Å². The maximum Gasteiger partial charge on any atom is 0.251 e. The third-order valence-corrected chi connectivity index (χ3v) is 5.38. The topological polar surface area (TPSA) is 105 Å². The molecule has 30 heavy (non-hydrogen) atoms. The van der Waals surface area contributed by atoms with Gasteiger partial charge in [-0.25, -0.2) is 15.0 Å². The van der Waals surface area contributed by atoms with E-state index in [4.69, 9.17) is 4.74 Å². The highest BCUT2D eigenvalue weighted by Gasteiger charge is 2.38. The van der Waals surface area contributed by atoms with E-state index in [1.54, 1.807) is 31.8 Å². The summed E-state index contributed by atoms with van der Waals surface area (Å²) in [4.78, 5) is 29.0. The SMILES string of the molecule is COc1cc(C(=O)NC2CC(C)(C)NC(C)(C)C2)ccc1-c1nc2c[nH]cnc-2n1. The number of imidazole rings is 1. The summed E-state index contributed by atoms with van der Waals surface area (Å²) in [6.45, 7) is 8.67. The maximum atomic E-state index is 13.0. The molecule has 1 aromatic rings. The van der Waals surface area contributed by atoms with Gasteiger partial charge in [0.25, 0.3) is 5.91 Å². The lowest BCUT2D eigenvalue weighted by Crippen LogP contribution is -2.62. The molecule has 8 heteroatoms. The number of piperidine rings is 1. The Morgan fingerprint density at radius 2 is 1.87 bits per heavy atom. The molecule has 3 aliphatic heterocycles. The first kappa shape index (κ1) is 20.3. The normalized spacial score (nSPS) is 18.3. The zero-order chi connectivity index (χ0) is 21.5. The van der Waals surface area contributed by atoms with Gasteiger partial charge in [0.1, 0.15) is 11.4 Å². The molecule has 158 valence electrons. The Labute approximate surface area is 176 Å². The number of rotatable bonds is 4. The summed E-state index contributed by atoms with van der Waals surface area (Å²) in [5, 5.41) is 6.84. The minimum absolute atomic E-state index is 0.0379. The van der Waals surface area contributed by atoms with Gasteiger partial charge >= 0.3 is 0 Å². The van der Waals surface area contributed by atoms with E-state index >= 15 is 0 Å². The van der Waals surface area contributed by atoms with Crippen LogP contribution in [0.15, 0.2) is 30.7 Å². The van der Waals surface area contributed by atoms with Crippen molar-refractivity contribution >= 4 is 5.91 Å². The minimum Gasteiger partial charge on any atom is -0.496 e. The summed E-state index contributed by atoms with van der Waals surface area (Å²) in [5.74, 6) is 1.52. The Kier molecular flexibility index (Phi) is 4.97. The fourth-order valence-corrected chi connectivity index (χ4v) is 4.58. The number of H-pyrrole nitrogens is 1. The van der Waals surface area contributed by atoms with Gasteiger partial charge in [-0.05, 0) is 58.7 Å². The highest BCUT2D eigenvalue weighted by Crippen LogP contribution is 2.32. The molecule has 1 amide bonds. The molecule has 0 unspecified atom stereocenters. The van der Waals surface area contributed by atoms with Crippen LogP contribution in [0.1, 0.15) is 50.9 Å². The lowest BCUT2D eigenvalue weighted by atomic mass is 9.79. The number of carbonyl (C=O) groups excluding carboxylic acids is 1. The fraction of sp³-hybridized carbons (Fsp3) is 0.455. The first-order valence-electron chi connectivity index (χ1n) is 10.1. The van der Waals surface area contributed by atoms with Crippen LogP contribution in [0.5, 0.6) is 5.75 Å². The van der Waals surface area contributed by atoms with E-state index in [2.05, 4.69) is 58.3 Å². The summed E-state index contributed by atoms with van der Waals surface area (Å²) in [6, 6.07) is 5.44. The molecule has 8 nitrogen and oxygen atoms in total. The van der Waals surface area contributed by atoms with Crippen LogP contribution in [0.25, 0.3) is 22.9 Å². The van der Waals surface area contributed by atoms with E-state index < -0.39 is 0 Å². The largest absolute Gasteiger partial charge is 0.496 e. The highest BCUT2D eigenvalue weighted by atomic mass is 16.5. The number of methoxy groups -OCH3 is 1. The standard InChI is InChI=1S/C22H28N6O2/c1-21(2)9-14(10-22(3,4)28-21)25-20(29)13-6-7-15(17(8-13)30-5)18-26-16-11-23-12-24-19(16)27-18/h6-8,11-12,14,28H,9-10H2,1-5H3,(H,25,29)(H,23,24,26,27). The molecule has 3 heterocycles. The third kappa shape index (κ3) is 4.14. The molecule has 0 atom stereocenters. The van der Waals surface area contributed by atoms with E-state index in [-0.39, 0.29) is 23.0 Å². The third-order valence-electron chi connectivity index (χ3n) is 5.38. The predicted molar refractivity (Wildman–Crippen MR) is 115 cm³/mol. The van der Waals surface area contributed by atoms with Crippen molar-refractivity contribution in [1.82, 2.24) is 30.6 Å².